The van der Waals surface area contributed by atoms with E-state index in [1.54, 1.807) is 6.07 Å². The van der Waals surface area contributed by atoms with Gasteiger partial charge in [0.15, 0.2) is 0 Å². The van der Waals surface area contributed by atoms with E-state index in [4.69, 9.17) is 16.9 Å². The van der Waals surface area contributed by atoms with Crippen LogP contribution < -0.4 is 0 Å². The zero-order valence-corrected chi connectivity index (χ0v) is 8.68. The SMILES string of the molecule is CC(C)(C)c1ccc(Cl)nc1C#N. The van der Waals surface area contributed by atoms with Crippen molar-refractivity contribution in [3.05, 3.63) is 28.5 Å². The average molecular weight is 195 g/mol. The van der Waals surface area contributed by atoms with Crippen LogP contribution in [-0.4, -0.2) is 4.98 Å². The molecule has 68 valence electrons. The van der Waals surface area contributed by atoms with Gasteiger partial charge < -0.3 is 0 Å². The van der Waals surface area contributed by atoms with E-state index in [0.717, 1.165) is 5.56 Å². The molecule has 0 fully saturated rings. The molecule has 0 saturated carbocycles. The van der Waals surface area contributed by atoms with Crippen LogP contribution in [-0.2, 0) is 5.41 Å². The fraction of sp³-hybridized carbons (Fsp3) is 0.400. The molecule has 1 aromatic heterocycles. The molecule has 13 heavy (non-hydrogen) atoms. The molecule has 1 rings (SSSR count). The van der Waals surface area contributed by atoms with E-state index >= 15 is 0 Å². The normalized spacial score (nSPS) is 11.0. The van der Waals surface area contributed by atoms with Crippen LogP contribution in [0.25, 0.3) is 0 Å². The molecule has 0 saturated heterocycles. The predicted molar refractivity (Wildman–Crippen MR) is 52.7 cm³/mol. The van der Waals surface area contributed by atoms with Gasteiger partial charge in [-0.05, 0) is 17.0 Å². The highest BCUT2D eigenvalue weighted by Gasteiger charge is 2.18. The van der Waals surface area contributed by atoms with Gasteiger partial charge in [0, 0.05) is 0 Å². The second-order valence-corrected chi connectivity index (χ2v) is 4.28. The third-order valence-electron chi connectivity index (χ3n) is 1.78. The highest BCUT2D eigenvalue weighted by atomic mass is 35.5. The second kappa shape index (κ2) is 3.35. The van der Waals surface area contributed by atoms with Crippen LogP contribution in [0.5, 0.6) is 0 Å². The summed E-state index contributed by atoms with van der Waals surface area (Å²) in [5, 5.41) is 9.20. The molecule has 1 aromatic rings. The maximum Gasteiger partial charge on any atom is 0.145 e. The van der Waals surface area contributed by atoms with Crippen LogP contribution in [0.3, 0.4) is 0 Å². The van der Waals surface area contributed by atoms with Gasteiger partial charge in [0.2, 0.25) is 0 Å². The van der Waals surface area contributed by atoms with Gasteiger partial charge in [-0.1, -0.05) is 38.4 Å². The van der Waals surface area contributed by atoms with Crippen molar-refractivity contribution in [2.24, 2.45) is 0 Å². The number of hydrogen-bond acceptors (Lipinski definition) is 2. The highest BCUT2D eigenvalue weighted by molar-refractivity contribution is 6.29. The second-order valence-electron chi connectivity index (χ2n) is 3.89. The summed E-state index contributed by atoms with van der Waals surface area (Å²) in [6, 6.07) is 5.61. The molecule has 0 radical (unpaired) electrons. The molecular formula is C10H11ClN2. The molecule has 0 aliphatic heterocycles. The minimum absolute atomic E-state index is 0.0668. The van der Waals surface area contributed by atoms with Crippen molar-refractivity contribution in [2.75, 3.05) is 0 Å². The first-order valence-corrected chi connectivity index (χ1v) is 4.40. The molecule has 0 aliphatic carbocycles. The molecule has 1 heterocycles. The Morgan fingerprint density at radius 2 is 2.00 bits per heavy atom. The average Bonchev–Trinajstić information content (AvgIpc) is 2.01. The minimum Gasteiger partial charge on any atom is -0.225 e. The lowest BCUT2D eigenvalue weighted by molar-refractivity contribution is 0.585. The number of rotatable bonds is 0. The predicted octanol–water partition coefficient (Wildman–Crippen LogP) is 2.90. The smallest absolute Gasteiger partial charge is 0.145 e. The van der Waals surface area contributed by atoms with Gasteiger partial charge in [-0.3, -0.25) is 0 Å². The van der Waals surface area contributed by atoms with Crippen molar-refractivity contribution in [1.82, 2.24) is 4.98 Å². The van der Waals surface area contributed by atoms with E-state index in [-0.39, 0.29) is 5.41 Å². The summed E-state index contributed by atoms with van der Waals surface area (Å²) in [6.45, 7) is 6.12. The van der Waals surface area contributed by atoms with E-state index in [1.165, 1.54) is 0 Å². The van der Waals surface area contributed by atoms with Crippen molar-refractivity contribution in [3.8, 4) is 6.07 Å². The molecule has 0 bridgehead atoms. The number of nitrogens with zero attached hydrogens (tertiary/aromatic N) is 2. The largest absolute Gasteiger partial charge is 0.225 e. The summed E-state index contributed by atoms with van der Waals surface area (Å²) in [4.78, 5) is 3.96. The Morgan fingerprint density at radius 1 is 1.38 bits per heavy atom. The Morgan fingerprint density at radius 3 is 2.46 bits per heavy atom. The van der Waals surface area contributed by atoms with Crippen LogP contribution in [0.1, 0.15) is 32.0 Å². The third-order valence-corrected chi connectivity index (χ3v) is 1.99. The van der Waals surface area contributed by atoms with Crippen molar-refractivity contribution in [1.29, 1.82) is 5.26 Å². The highest BCUT2D eigenvalue weighted by Crippen LogP contribution is 2.25. The number of aromatic nitrogens is 1. The van der Waals surface area contributed by atoms with Gasteiger partial charge in [0.05, 0.1) is 0 Å². The monoisotopic (exact) mass is 194 g/mol. The van der Waals surface area contributed by atoms with Gasteiger partial charge in [-0.15, -0.1) is 0 Å². The minimum atomic E-state index is -0.0668. The lowest BCUT2D eigenvalue weighted by atomic mass is 9.86. The zero-order chi connectivity index (χ0) is 10.1. The maximum atomic E-state index is 8.84. The number of pyridine rings is 1. The summed E-state index contributed by atoms with van der Waals surface area (Å²) in [6.07, 6.45) is 0. The van der Waals surface area contributed by atoms with Crippen LogP contribution in [0.15, 0.2) is 12.1 Å². The van der Waals surface area contributed by atoms with Crippen LogP contribution in [0, 0.1) is 11.3 Å². The van der Waals surface area contributed by atoms with E-state index in [9.17, 15) is 0 Å². The topological polar surface area (TPSA) is 36.7 Å². The summed E-state index contributed by atoms with van der Waals surface area (Å²) in [7, 11) is 0. The molecule has 0 spiro atoms. The number of halogens is 1. The maximum absolute atomic E-state index is 8.84. The third kappa shape index (κ3) is 2.19. The Hall–Kier alpha value is -1.07. The van der Waals surface area contributed by atoms with Crippen LogP contribution in [0.2, 0.25) is 5.15 Å². The Labute approximate surface area is 83.2 Å². The van der Waals surface area contributed by atoms with Gasteiger partial charge in [-0.2, -0.15) is 5.26 Å². The van der Waals surface area contributed by atoms with Crippen LogP contribution >= 0.6 is 11.6 Å². The fourth-order valence-corrected chi connectivity index (χ4v) is 1.27. The molecule has 0 aliphatic rings. The van der Waals surface area contributed by atoms with Crippen molar-refractivity contribution in [3.63, 3.8) is 0 Å². The van der Waals surface area contributed by atoms with E-state index in [2.05, 4.69) is 4.98 Å². The van der Waals surface area contributed by atoms with Gasteiger partial charge in [-0.25, -0.2) is 4.98 Å². The molecule has 0 N–H and O–H groups in total. The molecule has 2 nitrogen and oxygen atoms in total. The molecule has 0 aromatic carbocycles. The summed E-state index contributed by atoms with van der Waals surface area (Å²) in [5.74, 6) is 0. The molecule has 3 heteroatoms. The zero-order valence-electron chi connectivity index (χ0n) is 7.93. The lowest BCUT2D eigenvalue weighted by Crippen LogP contribution is -2.14. The Kier molecular flexibility index (Phi) is 2.58. The quantitative estimate of drug-likeness (QED) is 0.596. The fourth-order valence-electron chi connectivity index (χ4n) is 1.13. The van der Waals surface area contributed by atoms with Crippen molar-refractivity contribution in [2.45, 2.75) is 26.2 Å². The van der Waals surface area contributed by atoms with E-state index in [0.29, 0.717) is 10.8 Å². The lowest BCUT2D eigenvalue weighted by Gasteiger charge is -2.19. The van der Waals surface area contributed by atoms with Gasteiger partial charge >= 0.3 is 0 Å². The molecule has 0 atom stereocenters. The van der Waals surface area contributed by atoms with Crippen LogP contribution in [0.4, 0.5) is 0 Å². The van der Waals surface area contributed by atoms with Crippen molar-refractivity contribution >= 4 is 11.6 Å². The van der Waals surface area contributed by atoms with E-state index < -0.39 is 0 Å². The number of hydrogen-bond donors (Lipinski definition) is 0. The summed E-state index contributed by atoms with van der Waals surface area (Å²) < 4.78 is 0. The molecule has 0 unspecified atom stereocenters. The van der Waals surface area contributed by atoms with E-state index in [1.807, 2.05) is 32.9 Å². The Bertz CT molecular complexity index is 358. The molecule has 0 amide bonds. The molecular weight excluding hydrogens is 184 g/mol. The van der Waals surface area contributed by atoms with Gasteiger partial charge in [0.1, 0.15) is 16.9 Å². The summed E-state index contributed by atoms with van der Waals surface area (Å²) in [5.41, 5.74) is 1.28. The Balaban J connectivity index is 3.32. The summed E-state index contributed by atoms with van der Waals surface area (Å²) >= 11 is 5.68. The van der Waals surface area contributed by atoms with Gasteiger partial charge in [0.25, 0.3) is 0 Å². The first-order chi connectivity index (χ1) is 5.95. The standard InChI is InChI=1S/C10H11ClN2/c1-10(2,3)7-4-5-9(11)13-8(7)6-12/h4-5H,1-3H3. The first kappa shape index (κ1) is 10.0. The number of nitriles is 1. The van der Waals surface area contributed by atoms with Crippen molar-refractivity contribution < 1.29 is 0 Å². The first-order valence-electron chi connectivity index (χ1n) is 4.02.